The molecule has 3 aromatic rings. The van der Waals surface area contributed by atoms with Crippen LogP contribution in [-0.2, 0) is 6.54 Å². The van der Waals surface area contributed by atoms with Crippen LogP contribution in [0, 0.1) is 0 Å². The topological polar surface area (TPSA) is 98.4 Å². The van der Waals surface area contributed by atoms with Crippen molar-refractivity contribution in [3.8, 4) is 28.6 Å². The van der Waals surface area contributed by atoms with E-state index in [-0.39, 0.29) is 12.5 Å². The molecule has 0 radical (unpaired) electrons. The average molecular weight is 410 g/mol. The van der Waals surface area contributed by atoms with Crippen LogP contribution in [-0.4, -0.2) is 41.4 Å². The van der Waals surface area contributed by atoms with E-state index in [1.54, 1.807) is 25.3 Å². The maximum atomic E-state index is 12.6. The van der Waals surface area contributed by atoms with Gasteiger partial charge in [-0.1, -0.05) is 6.92 Å². The number of nitrogens with one attached hydrogen (secondary N) is 2. The molecule has 1 aromatic heterocycles. The molecule has 0 saturated carbocycles. The molecule has 30 heavy (non-hydrogen) atoms. The first-order valence-corrected chi connectivity index (χ1v) is 9.88. The predicted molar refractivity (Wildman–Crippen MR) is 113 cm³/mol. The zero-order valence-corrected chi connectivity index (χ0v) is 17.4. The lowest BCUT2D eigenvalue weighted by Crippen LogP contribution is -2.23. The first-order valence-electron chi connectivity index (χ1n) is 9.88. The van der Waals surface area contributed by atoms with Gasteiger partial charge in [-0.2, -0.15) is 5.10 Å². The first kappa shape index (κ1) is 21.2. The van der Waals surface area contributed by atoms with Gasteiger partial charge >= 0.3 is 0 Å². The van der Waals surface area contributed by atoms with Crippen LogP contribution in [0.5, 0.6) is 17.2 Å². The van der Waals surface area contributed by atoms with Gasteiger partial charge in [0.2, 0.25) is 0 Å². The highest BCUT2D eigenvalue weighted by Gasteiger charge is 2.13. The number of carbonyl (C=O) groups is 1. The van der Waals surface area contributed by atoms with E-state index in [2.05, 4.69) is 20.5 Å². The monoisotopic (exact) mass is 410 g/mol. The zero-order valence-electron chi connectivity index (χ0n) is 17.4. The van der Waals surface area contributed by atoms with Gasteiger partial charge in [-0.25, -0.2) is 4.98 Å². The van der Waals surface area contributed by atoms with E-state index in [1.807, 2.05) is 38.1 Å². The van der Waals surface area contributed by atoms with E-state index in [1.165, 1.54) is 0 Å². The summed E-state index contributed by atoms with van der Waals surface area (Å²) >= 11 is 0. The molecule has 0 fully saturated rings. The van der Waals surface area contributed by atoms with Crippen LogP contribution in [0.25, 0.3) is 11.4 Å². The summed E-state index contributed by atoms with van der Waals surface area (Å²) in [5.41, 5.74) is 1.34. The van der Waals surface area contributed by atoms with Gasteiger partial charge in [0.15, 0.2) is 17.3 Å². The number of H-pyrrole nitrogens is 1. The summed E-state index contributed by atoms with van der Waals surface area (Å²) in [5.74, 6) is 2.83. The van der Waals surface area contributed by atoms with Crippen molar-refractivity contribution in [2.45, 2.75) is 26.8 Å². The number of hydrogen-bond acceptors (Lipinski definition) is 6. The van der Waals surface area contributed by atoms with Crippen LogP contribution in [0.15, 0.2) is 42.5 Å². The van der Waals surface area contributed by atoms with Gasteiger partial charge in [0.25, 0.3) is 5.91 Å². The van der Waals surface area contributed by atoms with E-state index in [4.69, 9.17) is 14.2 Å². The third kappa shape index (κ3) is 5.28. The number of nitrogens with zero attached hydrogens (tertiary/aromatic N) is 2. The Morgan fingerprint density at radius 1 is 1.07 bits per heavy atom. The standard InChI is InChI=1S/C22H26N4O4/c1-4-12-30-18-11-8-16(13-19(18)29-5-2)22(27)23-14-20-24-21(26-25-20)15-6-9-17(28-3)10-7-15/h6-11,13H,4-5,12,14H2,1-3H3,(H,23,27)(H,24,25,26). The normalized spacial score (nSPS) is 10.5. The summed E-state index contributed by atoms with van der Waals surface area (Å²) in [6.07, 6.45) is 0.892. The highest BCUT2D eigenvalue weighted by Crippen LogP contribution is 2.28. The lowest BCUT2D eigenvalue weighted by molar-refractivity contribution is 0.0949. The number of carbonyl (C=O) groups excluding carboxylic acids is 1. The Labute approximate surface area is 175 Å². The summed E-state index contributed by atoms with van der Waals surface area (Å²) in [6.45, 7) is 5.22. The summed E-state index contributed by atoms with van der Waals surface area (Å²) in [5, 5.41) is 9.90. The van der Waals surface area contributed by atoms with E-state index in [0.29, 0.717) is 41.9 Å². The summed E-state index contributed by atoms with van der Waals surface area (Å²) in [4.78, 5) is 17.0. The number of aromatic nitrogens is 3. The zero-order chi connectivity index (χ0) is 21.3. The second-order valence-corrected chi connectivity index (χ2v) is 6.46. The Kier molecular flexibility index (Phi) is 7.26. The molecule has 1 amide bonds. The number of aromatic amines is 1. The fraction of sp³-hybridized carbons (Fsp3) is 0.318. The van der Waals surface area contributed by atoms with Crippen LogP contribution in [0.4, 0.5) is 0 Å². The van der Waals surface area contributed by atoms with Crippen molar-refractivity contribution in [2.24, 2.45) is 0 Å². The average Bonchev–Trinajstić information content (AvgIpc) is 3.26. The molecule has 3 rings (SSSR count). The molecule has 0 saturated heterocycles. The van der Waals surface area contributed by atoms with E-state index in [9.17, 15) is 4.79 Å². The van der Waals surface area contributed by atoms with Crippen molar-refractivity contribution < 1.29 is 19.0 Å². The van der Waals surface area contributed by atoms with Crippen molar-refractivity contribution >= 4 is 5.91 Å². The largest absolute Gasteiger partial charge is 0.497 e. The van der Waals surface area contributed by atoms with Gasteiger partial charge in [0.1, 0.15) is 11.6 Å². The molecule has 0 aliphatic carbocycles. The Morgan fingerprint density at radius 3 is 2.57 bits per heavy atom. The molecule has 8 nitrogen and oxygen atoms in total. The molecule has 2 N–H and O–H groups in total. The van der Waals surface area contributed by atoms with Crippen molar-refractivity contribution in [3.63, 3.8) is 0 Å². The van der Waals surface area contributed by atoms with Crippen LogP contribution >= 0.6 is 0 Å². The lowest BCUT2D eigenvalue weighted by Gasteiger charge is -2.13. The second-order valence-electron chi connectivity index (χ2n) is 6.46. The molecule has 158 valence electrons. The molecule has 0 unspecified atom stereocenters. The molecule has 8 heteroatoms. The third-order valence-electron chi connectivity index (χ3n) is 4.26. The highest BCUT2D eigenvalue weighted by atomic mass is 16.5. The minimum Gasteiger partial charge on any atom is -0.497 e. The van der Waals surface area contributed by atoms with Crippen molar-refractivity contribution in [1.29, 1.82) is 0 Å². The van der Waals surface area contributed by atoms with Gasteiger partial charge in [0.05, 0.1) is 26.9 Å². The SMILES string of the molecule is CCCOc1ccc(C(=O)NCc2nc(-c3ccc(OC)cc3)n[nH]2)cc1OCC. The van der Waals surface area contributed by atoms with Crippen molar-refractivity contribution in [3.05, 3.63) is 53.9 Å². The van der Waals surface area contributed by atoms with Gasteiger partial charge in [-0.15, -0.1) is 0 Å². The smallest absolute Gasteiger partial charge is 0.251 e. The van der Waals surface area contributed by atoms with Crippen molar-refractivity contribution in [1.82, 2.24) is 20.5 Å². The van der Waals surface area contributed by atoms with Crippen LogP contribution in [0.2, 0.25) is 0 Å². The number of ether oxygens (including phenoxy) is 3. The molecule has 0 spiro atoms. The van der Waals surface area contributed by atoms with Crippen LogP contribution in [0.1, 0.15) is 36.5 Å². The second kappa shape index (κ2) is 10.3. The lowest BCUT2D eigenvalue weighted by atomic mass is 10.2. The Hall–Kier alpha value is -3.55. The number of amides is 1. The molecule has 0 aliphatic rings. The third-order valence-corrected chi connectivity index (χ3v) is 4.26. The van der Waals surface area contributed by atoms with Gasteiger partial charge < -0.3 is 19.5 Å². The quantitative estimate of drug-likeness (QED) is 0.530. The van der Waals surface area contributed by atoms with Gasteiger partial charge in [-0.3, -0.25) is 9.89 Å². The Bertz CT molecular complexity index is 970. The molecular weight excluding hydrogens is 384 g/mol. The predicted octanol–water partition coefficient (Wildman–Crippen LogP) is 3.60. The van der Waals surface area contributed by atoms with Gasteiger partial charge in [0, 0.05) is 11.1 Å². The molecule has 0 bridgehead atoms. The summed E-state index contributed by atoms with van der Waals surface area (Å²) < 4.78 is 16.4. The van der Waals surface area contributed by atoms with Gasteiger partial charge in [-0.05, 0) is 55.8 Å². The number of benzene rings is 2. The van der Waals surface area contributed by atoms with Crippen molar-refractivity contribution in [2.75, 3.05) is 20.3 Å². The van der Waals surface area contributed by atoms with Crippen LogP contribution < -0.4 is 19.5 Å². The molecule has 0 aliphatic heterocycles. The van der Waals surface area contributed by atoms with E-state index >= 15 is 0 Å². The fourth-order valence-corrected chi connectivity index (χ4v) is 2.76. The number of hydrogen-bond donors (Lipinski definition) is 2. The maximum Gasteiger partial charge on any atom is 0.251 e. The van der Waals surface area contributed by atoms with E-state index in [0.717, 1.165) is 17.7 Å². The minimum absolute atomic E-state index is 0.222. The maximum absolute atomic E-state index is 12.6. The first-order chi connectivity index (χ1) is 14.6. The molecule has 2 aromatic carbocycles. The molecular formula is C22H26N4O4. The summed E-state index contributed by atoms with van der Waals surface area (Å²) in [6, 6.07) is 12.6. The highest BCUT2D eigenvalue weighted by molar-refractivity contribution is 5.94. The minimum atomic E-state index is -0.236. The van der Waals surface area contributed by atoms with Crippen LogP contribution in [0.3, 0.4) is 0 Å². The number of methoxy groups -OCH3 is 1. The van der Waals surface area contributed by atoms with E-state index < -0.39 is 0 Å². The Balaban J connectivity index is 1.63. The summed E-state index contributed by atoms with van der Waals surface area (Å²) in [7, 11) is 1.62. The molecule has 1 heterocycles. The Morgan fingerprint density at radius 2 is 1.87 bits per heavy atom. The number of rotatable bonds is 10. The molecule has 0 atom stereocenters. The fourth-order valence-electron chi connectivity index (χ4n) is 2.76.